The fourth-order valence-electron chi connectivity index (χ4n) is 2.18. The Morgan fingerprint density at radius 1 is 0.808 bits per heavy atom. The molecule has 0 aromatic heterocycles. The van der Waals surface area contributed by atoms with Crippen LogP contribution in [-0.2, 0) is 9.47 Å². The summed E-state index contributed by atoms with van der Waals surface area (Å²) in [6.45, 7) is -0.457. The molecule has 0 aliphatic carbocycles. The van der Waals surface area contributed by atoms with Crippen LogP contribution in [0.5, 0.6) is 11.5 Å². The highest BCUT2D eigenvalue weighted by Gasteiger charge is 2.17. The van der Waals surface area contributed by atoms with Gasteiger partial charge in [-0.2, -0.15) is 0 Å². The summed E-state index contributed by atoms with van der Waals surface area (Å²) in [4.78, 5) is 35.8. The molecule has 0 fully saturated rings. The molecule has 0 radical (unpaired) electrons. The van der Waals surface area contributed by atoms with Crippen LogP contribution in [0.25, 0.3) is 0 Å². The van der Waals surface area contributed by atoms with E-state index in [1.165, 1.54) is 51.7 Å². The van der Waals surface area contributed by atoms with Gasteiger partial charge in [0.05, 0.1) is 38.0 Å². The molecule has 136 valence electrons. The zero-order valence-electron chi connectivity index (χ0n) is 14.6. The Morgan fingerprint density at radius 3 is 1.96 bits per heavy atom. The highest BCUT2D eigenvalue weighted by Crippen LogP contribution is 2.24. The second-order valence-corrected chi connectivity index (χ2v) is 5.13. The van der Waals surface area contributed by atoms with Gasteiger partial charge in [0.1, 0.15) is 11.5 Å². The minimum Gasteiger partial charge on any atom is -0.497 e. The van der Waals surface area contributed by atoms with Crippen LogP contribution in [0.1, 0.15) is 31.1 Å². The predicted octanol–water partition coefficient (Wildman–Crippen LogP) is 2.53. The lowest BCUT2D eigenvalue weighted by Gasteiger charge is -2.10. The van der Waals surface area contributed by atoms with E-state index in [9.17, 15) is 14.4 Å². The van der Waals surface area contributed by atoms with Crippen LogP contribution in [0.15, 0.2) is 42.5 Å². The molecule has 0 N–H and O–H groups in total. The van der Waals surface area contributed by atoms with Gasteiger partial charge < -0.3 is 18.9 Å². The van der Waals surface area contributed by atoms with E-state index in [0.717, 1.165) is 0 Å². The minimum atomic E-state index is -0.684. The third kappa shape index (κ3) is 4.38. The number of hydrogen-bond donors (Lipinski definition) is 0. The van der Waals surface area contributed by atoms with Crippen molar-refractivity contribution in [1.82, 2.24) is 0 Å². The quantitative estimate of drug-likeness (QED) is 0.555. The van der Waals surface area contributed by atoms with Gasteiger partial charge in [0.2, 0.25) is 5.78 Å². The average Bonchev–Trinajstić information content (AvgIpc) is 2.70. The molecule has 0 saturated carbocycles. The number of benzene rings is 2. The first-order chi connectivity index (χ1) is 12.5. The number of rotatable bonds is 7. The van der Waals surface area contributed by atoms with Crippen LogP contribution in [0.3, 0.4) is 0 Å². The van der Waals surface area contributed by atoms with Gasteiger partial charge in [0, 0.05) is 0 Å². The van der Waals surface area contributed by atoms with Crippen molar-refractivity contribution in [2.45, 2.75) is 0 Å². The lowest BCUT2D eigenvalue weighted by molar-refractivity contribution is 0.0473. The van der Waals surface area contributed by atoms with Crippen molar-refractivity contribution in [3.8, 4) is 11.5 Å². The topological polar surface area (TPSA) is 88.1 Å². The molecule has 0 unspecified atom stereocenters. The molecule has 2 aromatic carbocycles. The standard InChI is InChI=1S/C19H18O7/c1-23-14-8-9-17(24-2)15(10-14)16(20)11-26-19(22)13-6-4-12(5-7-13)18(21)25-3/h4-10H,11H2,1-3H3. The molecular formula is C19H18O7. The average molecular weight is 358 g/mol. The number of carbonyl (C=O) groups excluding carboxylic acids is 3. The van der Waals surface area contributed by atoms with Gasteiger partial charge in [-0.05, 0) is 42.5 Å². The smallest absolute Gasteiger partial charge is 0.338 e. The summed E-state index contributed by atoms with van der Waals surface area (Å²) < 4.78 is 19.9. The first-order valence-corrected chi connectivity index (χ1v) is 7.61. The van der Waals surface area contributed by atoms with E-state index in [2.05, 4.69) is 4.74 Å². The Balaban J connectivity index is 2.05. The molecule has 7 heteroatoms. The Labute approximate surface area is 150 Å². The number of carbonyl (C=O) groups is 3. The molecule has 0 amide bonds. The molecule has 2 aromatic rings. The number of esters is 2. The van der Waals surface area contributed by atoms with E-state index in [1.807, 2.05) is 0 Å². The fraction of sp³-hybridized carbons (Fsp3) is 0.211. The van der Waals surface area contributed by atoms with Gasteiger partial charge in [-0.1, -0.05) is 0 Å². The van der Waals surface area contributed by atoms with Crippen LogP contribution < -0.4 is 9.47 Å². The molecule has 0 atom stereocenters. The summed E-state index contributed by atoms with van der Waals surface area (Å²) in [5.74, 6) is -0.782. The molecule has 0 saturated heterocycles. The van der Waals surface area contributed by atoms with Crippen molar-refractivity contribution in [2.24, 2.45) is 0 Å². The van der Waals surface area contributed by atoms with Gasteiger partial charge in [0.15, 0.2) is 6.61 Å². The van der Waals surface area contributed by atoms with Gasteiger partial charge in [-0.25, -0.2) is 9.59 Å². The molecule has 0 heterocycles. The van der Waals surface area contributed by atoms with E-state index in [0.29, 0.717) is 17.1 Å². The summed E-state index contributed by atoms with van der Waals surface area (Å²) >= 11 is 0. The third-order valence-electron chi connectivity index (χ3n) is 3.58. The van der Waals surface area contributed by atoms with Gasteiger partial charge in [-0.3, -0.25) is 4.79 Å². The van der Waals surface area contributed by atoms with Crippen molar-refractivity contribution < 1.29 is 33.3 Å². The van der Waals surface area contributed by atoms with E-state index in [-0.39, 0.29) is 11.1 Å². The Bertz CT molecular complexity index is 809. The van der Waals surface area contributed by atoms with Crippen LogP contribution in [0, 0.1) is 0 Å². The zero-order valence-corrected chi connectivity index (χ0v) is 14.6. The number of hydrogen-bond acceptors (Lipinski definition) is 7. The van der Waals surface area contributed by atoms with E-state index >= 15 is 0 Å². The maximum Gasteiger partial charge on any atom is 0.338 e. The largest absolute Gasteiger partial charge is 0.497 e. The third-order valence-corrected chi connectivity index (χ3v) is 3.58. The Hall–Kier alpha value is -3.35. The molecular weight excluding hydrogens is 340 g/mol. The van der Waals surface area contributed by atoms with Crippen molar-refractivity contribution >= 4 is 17.7 Å². The molecule has 0 bridgehead atoms. The number of ketones is 1. The van der Waals surface area contributed by atoms with E-state index in [1.54, 1.807) is 12.1 Å². The number of methoxy groups -OCH3 is 3. The summed E-state index contributed by atoms with van der Waals surface area (Å²) in [6, 6.07) is 10.5. The SMILES string of the molecule is COC(=O)c1ccc(C(=O)OCC(=O)c2cc(OC)ccc2OC)cc1. The van der Waals surface area contributed by atoms with Crippen LogP contribution in [0.4, 0.5) is 0 Å². The van der Waals surface area contributed by atoms with Crippen LogP contribution in [-0.4, -0.2) is 45.7 Å². The van der Waals surface area contributed by atoms with E-state index < -0.39 is 24.3 Å². The van der Waals surface area contributed by atoms with E-state index in [4.69, 9.17) is 14.2 Å². The fourth-order valence-corrected chi connectivity index (χ4v) is 2.18. The van der Waals surface area contributed by atoms with Crippen molar-refractivity contribution in [1.29, 1.82) is 0 Å². The Morgan fingerprint density at radius 2 is 1.42 bits per heavy atom. The number of Topliss-reactive ketones (excluding diaryl/α,β-unsaturated/α-hetero) is 1. The molecule has 26 heavy (non-hydrogen) atoms. The normalized spacial score (nSPS) is 9.96. The molecule has 0 spiro atoms. The van der Waals surface area contributed by atoms with Crippen LogP contribution in [0.2, 0.25) is 0 Å². The van der Waals surface area contributed by atoms with Crippen molar-refractivity contribution in [3.05, 3.63) is 59.2 Å². The molecule has 0 aliphatic rings. The second-order valence-electron chi connectivity index (χ2n) is 5.13. The monoisotopic (exact) mass is 358 g/mol. The lowest BCUT2D eigenvalue weighted by Crippen LogP contribution is -2.15. The van der Waals surface area contributed by atoms with Gasteiger partial charge in [-0.15, -0.1) is 0 Å². The van der Waals surface area contributed by atoms with Crippen LogP contribution >= 0.6 is 0 Å². The van der Waals surface area contributed by atoms with Gasteiger partial charge in [0.25, 0.3) is 0 Å². The van der Waals surface area contributed by atoms with Gasteiger partial charge >= 0.3 is 11.9 Å². The maximum atomic E-state index is 12.3. The summed E-state index contributed by atoms with van der Waals surface area (Å²) in [6.07, 6.45) is 0. The molecule has 0 aliphatic heterocycles. The summed E-state index contributed by atoms with van der Waals surface area (Å²) in [7, 11) is 4.19. The second kappa shape index (κ2) is 8.66. The highest BCUT2D eigenvalue weighted by atomic mass is 16.5. The molecule has 7 nitrogen and oxygen atoms in total. The minimum absolute atomic E-state index is 0.211. The Kier molecular flexibility index (Phi) is 6.32. The first kappa shape index (κ1) is 19.0. The molecule has 2 rings (SSSR count). The summed E-state index contributed by atoms with van der Waals surface area (Å²) in [5.41, 5.74) is 0.769. The van der Waals surface area contributed by atoms with Crippen molar-refractivity contribution in [3.63, 3.8) is 0 Å². The summed E-state index contributed by atoms with van der Waals surface area (Å²) in [5, 5.41) is 0. The predicted molar refractivity (Wildman–Crippen MR) is 91.9 cm³/mol. The lowest BCUT2D eigenvalue weighted by atomic mass is 10.1. The highest BCUT2D eigenvalue weighted by molar-refractivity contribution is 6.01. The number of ether oxygens (including phenoxy) is 4. The zero-order chi connectivity index (χ0) is 19.1. The maximum absolute atomic E-state index is 12.3. The van der Waals surface area contributed by atoms with Crippen molar-refractivity contribution in [2.75, 3.05) is 27.9 Å². The first-order valence-electron chi connectivity index (χ1n) is 7.61.